The van der Waals surface area contributed by atoms with Gasteiger partial charge in [-0.15, -0.1) is 0 Å². The molecule has 0 atom stereocenters. The third-order valence-electron chi connectivity index (χ3n) is 4.05. The Labute approximate surface area is 135 Å². The van der Waals surface area contributed by atoms with E-state index in [4.69, 9.17) is 11.6 Å². The highest BCUT2D eigenvalue weighted by molar-refractivity contribution is 6.30. The van der Waals surface area contributed by atoms with Crippen LogP contribution in [-0.4, -0.2) is 22.2 Å². The Hall–Kier alpha value is -1.81. The van der Waals surface area contributed by atoms with E-state index < -0.39 is 0 Å². The molecule has 1 aliphatic carbocycles. The highest BCUT2D eigenvalue weighted by Crippen LogP contribution is 2.26. The zero-order valence-corrected chi connectivity index (χ0v) is 13.5. The molecule has 0 saturated heterocycles. The van der Waals surface area contributed by atoms with Crippen molar-refractivity contribution in [3.05, 3.63) is 46.2 Å². The van der Waals surface area contributed by atoms with Gasteiger partial charge in [0.05, 0.1) is 5.69 Å². The highest BCUT2D eigenvalue weighted by Gasteiger charge is 2.24. The third kappa shape index (κ3) is 2.88. The van der Waals surface area contributed by atoms with Crippen LogP contribution in [0.3, 0.4) is 0 Å². The van der Waals surface area contributed by atoms with Gasteiger partial charge in [0.1, 0.15) is 0 Å². The van der Waals surface area contributed by atoms with E-state index in [0.29, 0.717) is 17.3 Å². The van der Waals surface area contributed by atoms with E-state index in [9.17, 15) is 4.79 Å². The molecule has 0 bridgehead atoms. The minimum absolute atomic E-state index is 0.0756. The Morgan fingerprint density at radius 1 is 1.23 bits per heavy atom. The summed E-state index contributed by atoms with van der Waals surface area (Å²) in [6, 6.07) is 7.60. The molecule has 0 aliphatic heterocycles. The summed E-state index contributed by atoms with van der Waals surface area (Å²) in [5, 5.41) is 8.18. The molecule has 0 saturated carbocycles. The Balaban J connectivity index is 2.09. The third-order valence-corrected chi connectivity index (χ3v) is 4.31. The summed E-state index contributed by atoms with van der Waals surface area (Å²) in [5.74, 6) is -0.0756. The molecule has 1 amide bonds. The van der Waals surface area contributed by atoms with Crippen LogP contribution >= 0.6 is 11.6 Å². The second kappa shape index (κ2) is 6.53. The number of halogens is 1. The van der Waals surface area contributed by atoms with Gasteiger partial charge in [-0.1, -0.05) is 18.0 Å². The summed E-state index contributed by atoms with van der Waals surface area (Å²) in [4.78, 5) is 12.3. The minimum atomic E-state index is -0.0756. The van der Waals surface area contributed by atoms with Crippen LogP contribution in [0.2, 0.25) is 5.02 Å². The standard InChI is InChI=1S/C17H20ClN3O/c1-2-19-17(22)16-14-6-4-3-5-7-15(14)21(20-16)13-10-8-12(18)9-11-13/h8-11H,2-7H2,1H3,(H,19,22). The van der Waals surface area contributed by atoms with Crippen molar-refractivity contribution >= 4 is 17.5 Å². The van der Waals surface area contributed by atoms with E-state index in [1.807, 2.05) is 35.9 Å². The molecule has 3 rings (SSSR count). The second-order valence-electron chi connectivity index (χ2n) is 5.58. The first kappa shape index (κ1) is 15.1. The van der Waals surface area contributed by atoms with Crippen LogP contribution in [0.25, 0.3) is 5.69 Å². The Bertz CT molecular complexity index is 676. The number of hydrogen-bond acceptors (Lipinski definition) is 2. The topological polar surface area (TPSA) is 46.9 Å². The van der Waals surface area contributed by atoms with Gasteiger partial charge in [-0.05, 0) is 56.9 Å². The van der Waals surface area contributed by atoms with Crippen molar-refractivity contribution in [2.75, 3.05) is 6.54 Å². The summed E-state index contributed by atoms with van der Waals surface area (Å²) in [6.45, 7) is 2.54. The van der Waals surface area contributed by atoms with Crippen molar-refractivity contribution in [2.45, 2.75) is 39.0 Å². The lowest BCUT2D eigenvalue weighted by Gasteiger charge is -2.07. The molecule has 1 aromatic carbocycles. The van der Waals surface area contributed by atoms with Gasteiger partial charge >= 0.3 is 0 Å². The van der Waals surface area contributed by atoms with Gasteiger partial charge in [0.2, 0.25) is 0 Å². The van der Waals surface area contributed by atoms with Crippen molar-refractivity contribution in [3.63, 3.8) is 0 Å². The maximum Gasteiger partial charge on any atom is 0.272 e. The molecule has 2 aromatic rings. The Morgan fingerprint density at radius 2 is 1.95 bits per heavy atom. The van der Waals surface area contributed by atoms with E-state index >= 15 is 0 Å². The molecule has 4 nitrogen and oxygen atoms in total. The fraction of sp³-hybridized carbons (Fsp3) is 0.412. The zero-order valence-electron chi connectivity index (χ0n) is 12.7. The number of nitrogens with zero attached hydrogens (tertiary/aromatic N) is 2. The average molecular weight is 318 g/mol. The predicted octanol–water partition coefficient (Wildman–Crippen LogP) is 3.54. The van der Waals surface area contributed by atoms with Gasteiger partial charge in [-0.2, -0.15) is 5.10 Å². The van der Waals surface area contributed by atoms with Gasteiger partial charge in [-0.25, -0.2) is 4.68 Å². The highest BCUT2D eigenvalue weighted by atomic mass is 35.5. The molecule has 0 spiro atoms. The Kier molecular flexibility index (Phi) is 4.48. The van der Waals surface area contributed by atoms with Crippen LogP contribution in [0.1, 0.15) is 47.9 Å². The predicted molar refractivity (Wildman–Crippen MR) is 87.8 cm³/mol. The summed E-state index contributed by atoms with van der Waals surface area (Å²) >= 11 is 5.97. The van der Waals surface area contributed by atoms with Gasteiger partial charge in [0.15, 0.2) is 5.69 Å². The molecule has 116 valence electrons. The van der Waals surface area contributed by atoms with Gasteiger partial charge in [0, 0.05) is 22.8 Å². The van der Waals surface area contributed by atoms with E-state index in [-0.39, 0.29) is 5.91 Å². The summed E-state index contributed by atoms with van der Waals surface area (Å²) < 4.78 is 1.92. The zero-order chi connectivity index (χ0) is 15.5. The first-order valence-corrected chi connectivity index (χ1v) is 8.23. The fourth-order valence-corrected chi connectivity index (χ4v) is 3.12. The van der Waals surface area contributed by atoms with E-state index in [0.717, 1.165) is 36.9 Å². The van der Waals surface area contributed by atoms with E-state index in [2.05, 4.69) is 10.4 Å². The van der Waals surface area contributed by atoms with Crippen LogP contribution in [0.5, 0.6) is 0 Å². The monoisotopic (exact) mass is 317 g/mol. The second-order valence-corrected chi connectivity index (χ2v) is 6.02. The first-order chi connectivity index (χ1) is 10.7. The molecule has 0 fully saturated rings. The molecular formula is C17H20ClN3O. The minimum Gasteiger partial charge on any atom is -0.351 e. The normalized spacial score (nSPS) is 14.3. The summed E-state index contributed by atoms with van der Waals surface area (Å²) in [5.41, 5.74) is 3.81. The average Bonchev–Trinajstić information content (AvgIpc) is 2.71. The Morgan fingerprint density at radius 3 is 2.68 bits per heavy atom. The lowest BCUT2D eigenvalue weighted by molar-refractivity contribution is 0.0949. The van der Waals surface area contributed by atoms with Crippen molar-refractivity contribution in [3.8, 4) is 5.69 Å². The molecule has 1 aliphatic rings. The van der Waals surface area contributed by atoms with Gasteiger partial charge in [-0.3, -0.25) is 4.79 Å². The molecule has 22 heavy (non-hydrogen) atoms. The summed E-state index contributed by atoms with van der Waals surface area (Å²) in [7, 11) is 0. The number of fused-ring (bicyclic) bond motifs is 1. The SMILES string of the molecule is CCNC(=O)c1nn(-c2ccc(Cl)cc2)c2c1CCCCC2. The van der Waals surface area contributed by atoms with Crippen LogP contribution in [-0.2, 0) is 12.8 Å². The van der Waals surface area contributed by atoms with Crippen LogP contribution in [0.4, 0.5) is 0 Å². The number of carbonyl (C=O) groups is 1. The molecule has 5 heteroatoms. The van der Waals surface area contributed by atoms with Crippen molar-refractivity contribution < 1.29 is 4.79 Å². The molecule has 1 aromatic heterocycles. The molecule has 1 N–H and O–H groups in total. The largest absolute Gasteiger partial charge is 0.351 e. The van der Waals surface area contributed by atoms with Crippen molar-refractivity contribution in [1.82, 2.24) is 15.1 Å². The van der Waals surface area contributed by atoms with Gasteiger partial charge in [0.25, 0.3) is 5.91 Å². The van der Waals surface area contributed by atoms with Gasteiger partial charge < -0.3 is 5.32 Å². The lowest BCUT2D eigenvalue weighted by Crippen LogP contribution is -2.24. The molecule has 0 radical (unpaired) electrons. The fourth-order valence-electron chi connectivity index (χ4n) is 3.00. The van der Waals surface area contributed by atoms with Crippen LogP contribution in [0, 0.1) is 0 Å². The number of nitrogens with one attached hydrogen (secondary N) is 1. The van der Waals surface area contributed by atoms with E-state index in [1.165, 1.54) is 12.1 Å². The quantitative estimate of drug-likeness (QED) is 0.880. The maximum absolute atomic E-state index is 12.3. The number of amides is 1. The van der Waals surface area contributed by atoms with Crippen LogP contribution in [0.15, 0.2) is 24.3 Å². The maximum atomic E-state index is 12.3. The first-order valence-electron chi connectivity index (χ1n) is 7.85. The number of carbonyl (C=O) groups excluding carboxylic acids is 1. The lowest BCUT2D eigenvalue weighted by atomic mass is 10.1. The number of aromatic nitrogens is 2. The van der Waals surface area contributed by atoms with E-state index in [1.54, 1.807) is 0 Å². The molecule has 1 heterocycles. The smallest absolute Gasteiger partial charge is 0.272 e. The summed E-state index contributed by atoms with van der Waals surface area (Å²) in [6.07, 6.45) is 5.34. The van der Waals surface area contributed by atoms with Crippen molar-refractivity contribution in [1.29, 1.82) is 0 Å². The molecule has 0 unspecified atom stereocenters. The molecular weight excluding hydrogens is 298 g/mol. The van der Waals surface area contributed by atoms with Crippen LogP contribution < -0.4 is 5.32 Å². The number of rotatable bonds is 3. The number of benzene rings is 1. The van der Waals surface area contributed by atoms with Crippen molar-refractivity contribution in [2.24, 2.45) is 0 Å². The number of hydrogen-bond donors (Lipinski definition) is 1.